The van der Waals surface area contributed by atoms with Gasteiger partial charge in [-0.3, -0.25) is 0 Å². The molecule has 0 amide bonds. The second-order valence-electron chi connectivity index (χ2n) is 4.22. The second-order valence-corrected chi connectivity index (χ2v) is 6.32. The van der Waals surface area contributed by atoms with E-state index in [9.17, 15) is 8.42 Å². The molecule has 0 bridgehead atoms. The van der Waals surface area contributed by atoms with E-state index in [1.54, 1.807) is 0 Å². The van der Waals surface area contributed by atoms with Gasteiger partial charge in [0.1, 0.15) is 0 Å². The fraction of sp³-hybridized carbons (Fsp3) is 0.0714. The highest BCUT2D eigenvalue weighted by Gasteiger charge is 2.11. The Morgan fingerprint density at radius 2 is 1.85 bits per heavy atom. The van der Waals surface area contributed by atoms with Crippen LogP contribution in [-0.2, 0) is 10.0 Å². The van der Waals surface area contributed by atoms with Crippen LogP contribution in [0.25, 0.3) is 0 Å². The average Bonchev–Trinajstić information content (AvgIpc) is 2.39. The number of benzene rings is 2. The molecule has 2 aromatic rings. The second kappa shape index (κ2) is 6.07. The molecule has 2 aromatic carbocycles. The Labute approximate surface area is 123 Å². The number of sulfonamides is 1. The number of nitrogens with one attached hydrogen (secondary N) is 1. The first-order valence-corrected chi connectivity index (χ1v) is 7.70. The van der Waals surface area contributed by atoms with Gasteiger partial charge >= 0.3 is 0 Å². The molecule has 0 fully saturated rings. The first-order chi connectivity index (χ1) is 9.47. The standard InChI is InChI=1S/C14H13ClN2O2S/c1-11-3-2-4-12(9-11)10-16-17-20(18,19)14-7-5-13(15)6-8-14/h2-10,17H,1H3/b16-10-. The fourth-order valence-electron chi connectivity index (χ4n) is 1.59. The van der Waals surface area contributed by atoms with Crippen LogP contribution in [0.4, 0.5) is 0 Å². The highest BCUT2D eigenvalue weighted by molar-refractivity contribution is 7.89. The van der Waals surface area contributed by atoms with Crippen LogP contribution in [0.1, 0.15) is 11.1 Å². The van der Waals surface area contributed by atoms with Gasteiger partial charge in [0.15, 0.2) is 0 Å². The number of hydrogen-bond acceptors (Lipinski definition) is 3. The SMILES string of the molecule is Cc1cccc(/C=N\NS(=O)(=O)c2ccc(Cl)cc2)c1. The summed E-state index contributed by atoms with van der Waals surface area (Å²) in [6.07, 6.45) is 1.46. The van der Waals surface area contributed by atoms with Gasteiger partial charge in [-0.1, -0.05) is 41.4 Å². The summed E-state index contributed by atoms with van der Waals surface area (Å²) in [7, 11) is -3.66. The van der Waals surface area contributed by atoms with E-state index in [0.29, 0.717) is 5.02 Å². The maximum absolute atomic E-state index is 11.9. The van der Waals surface area contributed by atoms with Gasteiger partial charge in [0.2, 0.25) is 0 Å². The van der Waals surface area contributed by atoms with E-state index in [2.05, 4.69) is 9.93 Å². The number of hydrazone groups is 1. The van der Waals surface area contributed by atoms with E-state index in [1.807, 2.05) is 31.2 Å². The Morgan fingerprint density at radius 1 is 1.15 bits per heavy atom. The van der Waals surface area contributed by atoms with E-state index in [-0.39, 0.29) is 4.90 Å². The van der Waals surface area contributed by atoms with Gasteiger partial charge in [-0.25, -0.2) is 4.83 Å². The van der Waals surface area contributed by atoms with Crippen molar-refractivity contribution in [2.75, 3.05) is 0 Å². The molecule has 0 saturated carbocycles. The first kappa shape index (κ1) is 14.6. The van der Waals surface area contributed by atoms with Crippen LogP contribution in [0.15, 0.2) is 58.5 Å². The lowest BCUT2D eigenvalue weighted by Crippen LogP contribution is -2.18. The molecule has 20 heavy (non-hydrogen) atoms. The van der Waals surface area contributed by atoms with Gasteiger partial charge in [-0.15, -0.1) is 0 Å². The molecule has 6 heteroatoms. The van der Waals surface area contributed by atoms with E-state index in [4.69, 9.17) is 11.6 Å². The van der Waals surface area contributed by atoms with Gasteiger partial charge in [-0.2, -0.15) is 13.5 Å². The van der Waals surface area contributed by atoms with Crippen molar-refractivity contribution < 1.29 is 8.42 Å². The molecule has 2 rings (SSSR count). The molecule has 0 aliphatic rings. The molecule has 0 heterocycles. The normalized spacial score (nSPS) is 11.7. The minimum atomic E-state index is -3.66. The predicted molar refractivity (Wildman–Crippen MR) is 80.5 cm³/mol. The van der Waals surface area contributed by atoms with Crippen LogP contribution in [-0.4, -0.2) is 14.6 Å². The van der Waals surface area contributed by atoms with Crippen molar-refractivity contribution in [1.82, 2.24) is 4.83 Å². The van der Waals surface area contributed by atoms with E-state index in [0.717, 1.165) is 11.1 Å². The van der Waals surface area contributed by atoms with Crippen LogP contribution < -0.4 is 4.83 Å². The predicted octanol–water partition coefficient (Wildman–Crippen LogP) is 2.96. The molecule has 0 aliphatic heterocycles. The van der Waals surface area contributed by atoms with Crippen LogP contribution in [0.3, 0.4) is 0 Å². The zero-order chi connectivity index (χ0) is 14.6. The lowest BCUT2D eigenvalue weighted by molar-refractivity contribution is 0.584. The van der Waals surface area contributed by atoms with Gasteiger partial charge in [0, 0.05) is 5.02 Å². The topological polar surface area (TPSA) is 58.5 Å². The molecule has 4 nitrogen and oxygen atoms in total. The lowest BCUT2D eigenvalue weighted by Gasteiger charge is -2.03. The third-order valence-corrected chi connectivity index (χ3v) is 4.04. The molecule has 0 aromatic heterocycles. The molecule has 0 atom stereocenters. The summed E-state index contributed by atoms with van der Waals surface area (Å²) >= 11 is 5.72. The number of halogens is 1. The van der Waals surface area contributed by atoms with Crippen molar-refractivity contribution in [3.05, 3.63) is 64.7 Å². The molecule has 0 unspecified atom stereocenters. The van der Waals surface area contributed by atoms with Gasteiger partial charge in [0.05, 0.1) is 11.1 Å². The van der Waals surface area contributed by atoms with Crippen molar-refractivity contribution in [2.45, 2.75) is 11.8 Å². The Kier molecular flexibility index (Phi) is 4.42. The molecule has 0 saturated heterocycles. The highest BCUT2D eigenvalue weighted by Crippen LogP contribution is 2.13. The minimum Gasteiger partial charge on any atom is -0.200 e. The summed E-state index contributed by atoms with van der Waals surface area (Å²) in [6.45, 7) is 1.95. The lowest BCUT2D eigenvalue weighted by atomic mass is 10.2. The molecular weight excluding hydrogens is 296 g/mol. The summed E-state index contributed by atoms with van der Waals surface area (Å²) in [6, 6.07) is 13.5. The van der Waals surface area contributed by atoms with E-state index >= 15 is 0 Å². The Bertz CT molecular complexity index is 725. The van der Waals surface area contributed by atoms with Crippen LogP contribution in [0.5, 0.6) is 0 Å². The average molecular weight is 309 g/mol. The molecule has 0 spiro atoms. The summed E-state index contributed by atoms with van der Waals surface area (Å²) in [5, 5.41) is 4.24. The first-order valence-electron chi connectivity index (χ1n) is 5.84. The summed E-state index contributed by atoms with van der Waals surface area (Å²) in [5.74, 6) is 0. The minimum absolute atomic E-state index is 0.114. The van der Waals surface area contributed by atoms with E-state index < -0.39 is 10.0 Å². The van der Waals surface area contributed by atoms with Crippen LogP contribution in [0, 0.1) is 6.92 Å². The zero-order valence-electron chi connectivity index (χ0n) is 10.7. The van der Waals surface area contributed by atoms with Crippen molar-refractivity contribution in [1.29, 1.82) is 0 Å². The Morgan fingerprint density at radius 3 is 2.50 bits per heavy atom. The third kappa shape index (κ3) is 3.82. The molecule has 0 aliphatic carbocycles. The summed E-state index contributed by atoms with van der Waals surface area (Å²) < 4.78 is 23.9. The molecule has 1 N–H and O–H groups in total. The van der Waals surface area contributed by atoms with Gasteiger partial charge < -0.3 is 0 Å². The van der Waals surface area contributed by atoms with Crippen molar-refractivity contribution in [2.24, 2.45) is 5.10 Å². The van der Waals surface area contributed by atoms with Gasteiger partial charge in [-0.05, 0) is 36.8 Å². The third-order valence-electron chi connectivity index (χ3n) is 2.55. The van der Waals surface area contributed by atoms with Crippen LogP contribution in [0.2, 0.25) is 5.02 Å². The zero-order valence-corrected chi connectivity index (χ0v) is 12.3. The Hall–Kier alpha value is -1.85. The maximum atomic E-state index is 11.9. The highest BCUT2D eigenvalue weighted by atomic mass is 35.5. The molecular formula is C14H13ClN2O2S. The quantitative estimate of drug-likeness (QED) is 0.697. The number of nitrogens with zero attached hydrogens (tertiary/aromatic N) is 1. The molecule has 0 radical (unpaired) electrons. The Balaban J connectivity index is 2.11. The van der Waals surface area contributed by atoms with Crippen molar-refractivity contribution >= 4 is 27.8 Å². The number of hydrogen-bond donors (Lipinski definition) is 1. The molecule has 104 valence electrons. The number of rotatable bonds is 4. The van der Waals surface area contributed by atoms with Crippen LogP contribution >= 0.6 is 11.6 Å². The smallest absolute Gasteiger partial charge is 0.200 e. The fourth-order valence-corrected chi connectivity index (χ4v) is 2.50. The van der Waals surface area contributed by atoms with Gasteiger partial charge in [0.25, 0.3) is 10.0 Å². The monoisotopic (exact) mass is 308 g/mol. The summed E-state index contributed by atoms with van der Waals surface area (Å²) in [5.41, 5.74) is 1.90. The summed E-state index contributed by atoms with van der Waals surface area (Å²) in [4.78, 5) is 2.28. The number of aryl methyl sites for hydroxylation is 1. The maximum Gasteiger partial charge on any atom is 0.276 e. The largest absolute Gasteiger partial charge is 0.276 e. The van der Waals surface area contributed by atoms with Crippen molar-refractivity contribution in [3.8, 4) is 0 Å². The van der Waals surface area contributed by atoms with Crippen molar-refractivity contribution in [3.63, 3.8) is 0 Å². The van der Waals surface area contributed by atoms with E-state index in [1.165, 1.54) is 30.5 Å².